The summed E-state index contributed by atoms with van der Waals surface area (Å²) in [6.07, 6.45) is 0. The summed E-state index contributed by atoms with van der Waals surface area (Å²) in [4.78, 5) is 11.3. The lowest BCUT2D eigenvalue weighted by Crippen LogP contribution is -2.08. The molecule has 1 aromatic heterocycles. The Hall–Kier alpha value is -2.49. The molecule has 4 N–H and O–H groups in total. The molecule has 0 saturated heterocycles. The first-order valence-electron chi connectivity index (χ1n) is 6.89. The Morgan fingerprint density at radius 3 is 2.04 bits per heavy atom. The van der Waals surface area contributed by atoms with Gasteiger partial charge in [-0.1, -0.05) is 0 Å². The maximum Gasteiger partial charge on any atom is 0.394 e. The summed E-state index contributed by atoms with van der Waals surface area (Å²) in [5.74, 6) is 0. The largest absolute Gasteiger partial charge is 0.398 e. The highest BCUT2D eigenvalue weighted by Gasteiger charge is 2.05. The summed E-state index contributed by atoms with van der Waals surface area (Å²) in [5.41, 5.74) is 12.4. The van der Waals surface area contributed by atoms with Crippen LogP contribution in [-0.4, -0.2) is 41.6 Å². The first-order valence-corrected chi connectivity index (χ1v) is 8.29. The fraction of sp³-hybridized carbons (Fsp3) is 0.200. The molecule has 0 amide bonds. The van der Waals surface area contributed by atoms with Crippen molar-refractivity contribution in [1.29, 1.82) is 0 Å². The molecule has 0 fully saturated rings. The molecule has 0 radical (unpaired) electrons. The molecule has 9 heteroatoms. The SMILES string of the molecule is Cc1cc2nc3ccc(N(C)C)cc3nc2cc1N.O=S(=O)(O)O. The van der Waals surface area contributed by atoms with Gasteiger partial charge in [0.15, 0.2) is 0 Å². The predicted octanol–water partition coefficient (Wildman–Crippen LogP) is 2.09. The van der Waals surface area contributed by atoms with E-state index in [9.17, 15) is 0 Å². The van der Waals surface area contributed by atoms with Crippen molar-refractivity contribution in [1.82, 2.24) is 9.97 Å². The molecule has 0 aliphatic heterocycles. The number of aryl methyl sites for hydroxylation is 1. The van der Waals surface area contributed by atoms with Gasteiger partial charge < -0.3 is 10.6 Å². The van der Waals surface area contributed by atoms with E-state index in [0.29, 0.717) is 0 Å². The third-order valence-corrected chi connectivity index (χ3v) is 3.32. The number of nitrogens with two attached hydrogens (primary N) is 1. The van der Waals surface area contributed by atoms with Crippen molar-refractivity contribution in [2.45, 2.75) is 6.92 Å². The van der Waals surface area contributed by atoms with Gasteiger partial charge in [0.2, 0.25) is 0 Å². The molecule has 0 spiro atoms. The van der Waals surface area contributed by atoms with E-state index >= 15 is 0 Å². The summed E-state index contributed by atoms with van der Waals surface area (Å²) in [6, 6.07) is 9.96. The number of hydrogen-bond donors (Lipinski definition) is 3. The summed E-state index contributed by atoms with van der Waals surface area (Å²) < 4.78 is 31.6. The second-order valence-electron chi connectivity index (χ2n) is 5.44. The normalized spacial score (nSPS) is 11.2. The van der Waals surface area contributed by atoms with E-state index in [0.717, 1.165) is 39.0 Å². The lowest BCUT2D eigenvalue weighted by molar-refractivity contribution is 0.381. The van der Waals surface area contributed by atoms with Gasteiger partial charge >= 0.3 is 10.4 Å². The van der Waals surface area contributed by atoms with Crippen LogP contribution in [-0.2, 0) is 10.4 Å². The van der Waals surface area contributed by atoms with Crippen LogP contribution in [0.2, 0.25) is 0 Å². The topological polar surface area (TPSA) is 130 Å². The molecular formula is C15H18N4O4S. The Morgan fingerprint density at radius 1 is 0.958 bits per heavy atom. The number of hydrogen-bond acceptors (Lipinski definition) is 6. The lowest BCUT2D eigenvalue weighted by atomic mass is 10.1. The minimum absolute atomic E-state index is 0.755. The quantitative estimate of drug-likeness (QED) is 0.345. The minimum Gasteiger partial charge on any atom is -0.398 e. The third kappa shape index (κ3) is 4.51. The van der Waals surface area contributed by atoms with E-state index < -0.39 is 10.4 Å². The molecule has 0 unspecified atom stereocenters. The number of rotatable bonds is 1. The van der Waals surface area contributed by atoms with Crippen LogP contribution in [0.4, 0.5) is 11.4 Å². The van der Waals surface area contributed by atoms with Crippen LogP contribution >= 0.6 is 0 Å². The Labute approximate surface area is 139 Å². The lowest BCUT2D eigenvalue weighted by Gasteiger charge is -2.12. The van der Waals surface area contributed by atoms with Crippen molar-refractivity contribution in [3.8, 4) is 0 Å². The van der Waals surface area contributed by atoms with Gasteiger partial charge in [-0.2, -0.15) is 8.42 Å². The number of benzene rings is 2. The van der Waals surface area contributed by atoms with Crippen LogP contribution in [0.3, 0.4) is 0 Å². The fourth-order valence-electron chi connectivity index (χ4n) is 2.11. The van der Waals surface area contributed by atoms with E-state index in [1.54, 1.807) is 0 Å². The van der Waals surface area contributed by atoms with Crippen molar-refractivity contribution in [3.63, 3.8) is 0 Å². The second kappa shape index (κ2) is 6.56. The number of aromatic nitrogens is 2. The van der Waals surface area contributed by atoms with Crippen molar-refractivity contribution >= 4 is 43.8 Å². The summed E-state index contributed by atoms with van der Waals surface area (Å²) >= 11 is 0. The summed E-state index contributed by atoms with van der Waals surface area (Å²) in [7, 11) is -0.645. The second-order valence-corrected chi connectivity index (χ2v) is 6.33. The number of nitrogens with zero attached hydrogens (tertiary/aromatic N) is 3. The molecule has 0 bridgehead atoms. The van der Waals surface area contributed by atoms with Crippen LogP contribution in [0.1, 0.15) is 5.56 Å². The smallest absolute Gasteiger partial charge is 0.394 e. The zero-order valence-electron chi connectivity index (χ0n) is 13.4. The predicted molar refractivity (Wildman–Crippen MR) is 94.7 cm³/mol. The van der Waals surface area contributed by atoms with Gasteiger partial charge in [-0.05, 0) is 42.8 Å². The molecule has 2 aromatic carbocycles. The summed E-state index contributed by atoms with van der Waals surface area (Å²) in [6.45, 7) is 1.98. The van der Waals surface area contributed by atoms with Crippen LogP contribution in [0.5, 0.6) is 0 Å². The van der Waals surface area contributed by atoms with Crippen LogP contribution < -0.4 is 10.6 Å². The first-order chi connectivity index (χ1) is 11.0. The highest BCUT2D eigenvalue weighted by Crippen LogP contribution is 2.23. The van der Waals surface area contributed by atoms with Crippen molar-refractivity contribution in [3.05, 3.63) is 35.9 Å². The third-order valence-electron chi connectivity index (χ3n) is 3.32. The van der Waals surface area contributed by atoms with Crippen molar-refractivity contribution in [2.24, 2.45) is 0 Å². The molecule has 1 heterocycles. The molecular weight excluding hydrogens is 332 g/mol. The zero-order chi connectivity index (χ0) is 18.1. The monoisotopic (exact) mass is 350 g/mol. The van der Waals surface area contributed by atoms with Crippen molar-refractivity contribution < 1.29 is 17.5 Å². The maximum absolute atomic E-state index is 8.74. The highest BCUT2D eigenvalue weighted by atomic mass is 32.3. The zero-order valence-corrected chi connectivity index (χ0v) is 14.2. The molecule has 3 rings (SSSR count). The maximum atomic E-state index is 8.74. The Balaban J connectivity index is 0.000000368. The molecule has 24 heavy (non-hydrogen) atoms. The van der Waals surface area contributed by atoms with Crippen LogP contribution in [0, 0.1) is 6.92 Å². The van der Waals surface area contributed by atoms with Gasteiger partial charge in [-0.3, -0.25) is 9.11 Å². The minimum atomic E-state index is -4.67. The molecule has 3 aromatic rings. The van der Waals surface area contributed by atoms with Crippen LogP contribution in [0.25, 0.3) is 22.1 Å². The number of anilines is 2. The van der Waals surface area contributed by atoms with E-state index in [1.165, 1.54) is 0 Å². The Morgan fingerprint density at radius 2 is 1.46 bits per heavy atom. The van der Waals surface area contributed by atoms with Gasteiger partial charge in [-0.25, -0.2) is 9.97 Å². The Kier molecular flexibility index (Phi) is 4.88. The van der Waals surface area contributed by atoms with E-state index in [-0.39, 0.29) is 0 Å². The average molecular weight is 350 g/mol. The van der Waals surface area contributed by atoms with Gasteiger partial charge in [0.05, 0.1) is 22.1 Å². The summed E-state index contributed by atoms with van der Waals surface area (Å²) in [5, 5.41) is 0. The number of nitrogen functional groups attached to an aromatic ring is 1. The van der Waals surface area contributed by atoms with Gasteiger partial charge in [-0.15, -0.1) is 0 Å². The van der Waals surface area contributed by atoms with Gasteiger partial charge in [0.25, 0.3) is 0 Å². The molecule has 0 aliphatic rings. The molecule has 8 nitrogen and oxygen atoms in total. The highest BCUT2D eigenvalue weighted by molar-refractivity contribution is 7.79. The molecule has 128 valence electrons. The first kappa shape index (κ1) is 17.9. The average Bonchev–Trinajstić information content (AvgIpc) is 2.44. The number of fused-ring (bicyclic) bond motifs is 2. The van der Waals surface area contributed by atoms with Gasteiger partial charge in [0.1, 0.15) is 0 Å². The van der Waals surface area contributed by atoms with Crippen LogP contribution in [0.15, 0.2) is 30.3 Å². The van der Waals surface area contributed by atoms with E-state index in [4.69, 9.17) is 23.3 Å². The standard InChI is InChI=1S/C15H16N4.H2O4S/c1-9-6-13-15(8-11(9)16)18-14-7-10(19(2)3)4-5-12(14)17-13;1-5(2,3)4/h4-8H,16H2,1-3H3;(H2,1,2,3,4). The fourth-order valence-corrected chi connectivity index (χ4v) is 2.11. The van der Waals surface area contributed by atoms with Gasteiger partial charge in [0, 0.05) is 25.5 Å². The van der Waals surface area contributed by atoms with E-state index in [1.807, 2.05) is 51.4 Å². The molecule has 0 atom stereocenters. The van der Waals surface area contributed by atoms with E-state index in [2.05, 4.69) is 14.9 Å². The Bertz CT molecular complexity index is 995. The van der Waals surface area contributed by atoms with Crippen molar-refractivity contribution in [2.75, 3.05) is 24.7 Å². The molecule has 0 saturated carbocycles. The molecule has 0 aliphatic carbocycles.